The van der Waals surface area contributed by atoms with Gasteiger partial charge in [0.1, 0.15) is 0 Å². The zero-order chi connectivity index (χ0) is 12.0. The van der Waals surface area contributed by atoms with Crippen molar-refractivity contribution in [2.24, 2.45) is 5.92 Å². The first kappa shape index (κ1) is 11.0. The lowest BCUT2D eigenvalue weighted by Crippen LogP contribution is -2.36. The average molecular weight is 244 g/mol. The molecule has 0 bridgehead atoms. The lowest BCUT2D eigenvalue weighted by Gasteiger charge is -2.33. The Balaban J connectivity index is 1.58. The van der Waals surface area contributed by atoms with Crippen LogP contribution in [0.5, 0.6) is 0 Å². The summed E-state index contributed by atoms with van der Waals surface area (Å²) in [7, 11) is 0. The van der Waals surface area contributed by atoms with Crippen molar-refractivity contribution >= 4 is 0 Å². The summed E-state index contributed by atoms with van der Waals surface area (Å²) in [6.45, 7) is 0.881. The summed E-state index contributed by atoms with van der Waals surface area (Å²) in [5.74, 6) is 0.438. The molecule has 0 aromatic heterocycles. The molecule has 2 fully saturated rings. The van der Waals surface area contributed by atoms with E-state index >= 15 is 0 Å². The van der Waals surface area contributed by atoms with Crippen molar-refractivity contribution in [2.45, 2.75) is 50.4 Å². The highest BCUT2D eigenvalue weighted by Crippen LogP contribution is 2.46. The van der Waals surface area contributed by atoms with Gasteiger partial charge in [0, 0.05) is 12.8 Å². The quantitative estimate of drug-likeness (QED) is 0.698. The Labute approximate surface area is 108 Å². The molecule has 2 nitrogen and oxygen atoms in total. The summed E-state index contributed by atoms with van der Waals surface area (Å²) in [5.41, 5.74) is 3.00. The fourth-order valence-electron chi connectivity index (χ4n) is 3.90. The molecule has 2 saturated heterocycles. The van der Waals surface area contributed by atoms with Crippen LogP contribution in [0.4, 0.5) is 0 Å². The summed E-state index contributed by atoms with van der Waals surface area (Å²) in [6.07, 6.45) is 7.28. The summed E-state index contributed by atoms with van der Waals surface area (Å²) >= 11 is 0. The third kappa shape index (κ3) is 1.70. The van der Waals surface area contributed by atoms with E-state index in [0.29, 0.717) is 12.0 Å². The first-order valence-electron chi connectivity index (χ1n) is 7.23. The largest absolute Gasteiger partial charge is 0.350 e. The summed E-state index contributed by atoms with van der Waals surface area (Å²) in [6, 6.07) is 8.82. The van der Waals surface area contributed by atoms with Gasteiger partial charge in [-0.05, 0) is 42.7 Å². The predicted octanol–water partition coefficient (Wildman–Crippen LogP) is 3.09. The van der Waals surface area contributed by atoms with Crippen molar-refractivity contribution < 1.29 is 9.47 Å². The van der Waals surface area contributed by atoms with Gasteiger partial charge in [-0.25, -0.2) is 0 Å². The van der Waals surface area contributed by atoms with Crippen LogP contribution in [0.15, 0.2) is 24.3 Å². The van der Waals surface area contributed by atoms with Crippen LogP contribution in [-0.2, 0) is 22.3 Å². The number of rotatable bonds is 0. The van der Waals surface area contributed by atoms with E-state index in [2.05, 4.69) is 24.3 Å². The second kappa shape index (κ2) is 4.07. The molecule has 96 valence electrons. The van der Waals surface area contributed by atoms with Gasteiger partial charge in [-0.15, -0.1) is 0 Å². The second-order valence-corrected chi connectivity index (χ2v) is 6.01. The highest BCUT2D eigenvalue weighted by molar-refractivity contribution is 5.31. The Morgan fingerprint density at radius 1 is 1.06 bits per heavy atom. The molecule has 0 N–H and O–H groups in total. The molecule has 3 aliphatic rings. The van der Waals surface area contributed by atoms with Gasteiger partial charge in [-0.2, -0.15) is 0 Å². The van der Waals surface area contributed by atoms with Gasteiger partial charge in [-0.3, -0.25) is 0 Å². The third-order valence-corrected chi connectivity index (χ3v) is 4.80. The molecular formula is C16H20O2. The van der Waals surface area contributed by atoms with E-state index in [1.165, 1.54) is 30.4 Å². The van der Waals surface area contributed by atoms with Crippen LogP contribution >= 0.6 is 0 Å². The van der Waals surface area contributed by atoms with Crippen LogP contribution in [0, 0.1) is 5.92 Å². The monoisotopic (exact) mass is 244 g/mol. The van der Waals surface area contributed by atoms with E-state index in [1.54, 1.807) is 0 Å². The minimum Gasteiger partial charge on any atom is -0.350 e. The maximum absolute atomic E-state index is 6.33. The first-order valence-corrected chi connectivity index (χ1v) is 7.23. The number of ether oxygens (including phenoxy) is 2. The third-order valence-electron chi connectivity index (χ3n) is 4.80. The van der Waals surface area contributed by atoms with Gasteiger partial charge in [-0.1, -0.05) is 24.3 Å². The molecule has 0 unspecified atom stereocenters. The Bertz CT molecular complexity index is 413. The molecule has 3 atom stereocenters. The highest BCUT2D eigenvalue weighted by atomic mass is 16.7. The van der Waals surface area contributed by atoms with Crippen molar-refractivity contribution in [1.29, 1.82) is 0 Å². The molecule has 2 heteroatoms. The minimum absolute atomic E-state index is 0.227. The van der Waals surface area contributed by atoms with Gasteiger partial charge in [0.05, 0.1) is 12.7 Å². The van der Waals surface area contributed by atoms with Crippen LogP contribution in [-0.4, -0.2) is 18.5 Å². The molecule has 4 rings (SSSR count). The van der Waals surface area contributed by atoms with Crippen LogP contribution < -0.4 is 0 Å². The Morgan fingerprint density at radius 2 is 1.89 bits per heavy atom. The molecule has 0 radical (unpaired) electrons. The first-order chi connectivity index (χ1) is 8.85. The number of hydrogen-bond donors (Lipinski definition) is 0. The summed E-state index contributed by atoms with van der Waals surface area (Å²) in [5, 5.41) is 0. The van der Waals surface area contributed by atoms with Crippen LogP contribution in [0.2, 0.25) is 0 Å². The standard InChI is InChI=1S/C16H20O2/c1-2-6-13-10-15-14(9-12(13)5-1)11-16(18-15)7-3-4-8-17-16/h1-2,5-6,14-15H,3-4,7-11H2/t14-,15+,16-/m1/s1. The van der Waals surface area contributed by atoms with E-state index in [-0.39, 0.29) is 5.79 Å². The fraction of sp³-hybridized carbons (Fsp3) is 0.625. The maximum Gasteiger partial charge on any atom is 0.169 e. The van der Waals surface area contributed by atoms with Crippen molar-refractivity contribution in [3.8, 4) is 0 Å². The zero-order valence-electron chi connectivity index (χ0n) is 10.7. The molecular weight excluding hydrogens is 224 g/mol. The highest BCUT2D eigenvalue weighted by Gasteiger charge is 2.49. The molecule has 1 aromatic carbocycles. The molecule has 2 aliphatic heterocycles. The van der Waals surface area contributed by atoms with Crippen molar-refractivity contribution in [2.75, 3.05) is 6.61 Å². The van der Waals surface area contributed by atoms with E-state index in [0.717, 1.165) is 25.9 Å². The molecule has 2 heterocycles. The van der Waals surface area contributed by atoms with E-state index in [9.17, 15) is 0 Å². The molecule has 18 heavy (non-hydrogen) atoms. The lowest BCUT2D eigenvalue weighted by molar-refractivity contribution is -0.244. The molecule has 0 amide bonds. The molecule has 1 aliphatic carbocycles. The van der Waals surface area contributed by atoms with Gasteiger partial charge in [0.2, 0.25) is 0 Å². The van der Waals surface area contributed by atoms with Crippen LogP contribution in [0.3, 0.4) is 0 Å². The van der Waals surface area contributed by atoms with Gasteiger partial charge in [0.15, 0.2) is 5.79 Å². The SMILES string of the molecule is c1ccc2c(c1)C[C@@H]1C[C@@]3(CCCCO3)O[C@H]1C2. The number of hydrogen-bond acceptors (Lipinski definition) is 2. The minimum atomic E-state index is -0.227. The number of benzene rings is 1. The van der Waals surface area contributed by atoms with Gasteiger partial charge < -0.3 is 9.47 Å². The van der Waals surface area contributed by atoms with Crippen LogP contribution in [0.25, 0.3) is 0 Å². The topological polar surface area (TPSA) is 18.5 Å². The van der Waals surface area contributed by atoms with Gasteiger partial charge >= 0.3 is 0 Å². The Morgan fingerprint density at radius 3 is 2.67 bits per heavy atom. The lowest BCUT2D eigenvalue weighted by atomic mass is 9.80. The zero-order valence-corrected chi connectivity index (χ0v) is 10.7. The smallest absolute Gasteiger partial charge is 0.169 e. The van der Waals surface area contributed by atoms with E-state index in [1.807, 2.05) is 0 Å². The molecule has 1 aromatic rings. The summed E-state index contributed by atoms with van der Waals surface area (Å²) < 4.78 is 12.3. The van der Waals surface area contributed by atoms with Gasteiger partial charge in [0.25, 0.3) is 0 Å². The Hall–Kier alpha value is -0.860. The predicted molar refractivity (Wildman–Crippen MR) is 69.4 cm³/mol. The van der Waals surface area contributed by atoms with E-state index < -0.39 is 0 Å². The van der Waals surface area contributed by atoms with E-state index in [4.69, 9.17) is 9.47 Å². The molecule has 1 spiro atoms. The average Bonchev–Trinajstić information content (AvgIpc) is 2.73. The second-order valence-electron chi connectivity index (χ2n) is 6.01. The molecule has 0 saturated carbocycles. The van der Waals surface area contributed by atoms with Crippen molar-refractivity contribution in [1.82, 2.24) is 0 Å². The summed E-state index contributed by atoms with van der Waals surface area (Å²) in [4.78, 5) is 0. The fourth-order valence-corrected chi connectivity index (χ4v) is 3.90. The Kier molecular flexibility index (Phi) is 2.49. The maximum atomic E-state index is 6.33. The van der Waals surface area contributed by atoms with Crippen molar-refractivity contribution in [3.05, 3.63) is 35.4 Å². The normalized spacial score (nSPS) is 38.4. The van der Waals surface area contributed by atoms with Crippen molar-refractivity contribution in [3.63, 3.8) is 0 Å². The number of fused-ring (bicyclic) bond motifs is 2. The van der Waals surface area contributed by atoms with Crippen LogP contribution in [0.1, 0.15) is 36.8 Å².